The van der Waals surface area contributed by atoms with Crippen LogP contribution in [0.3, 0.4) is 0 Å². The van der Waals surface area contributed by atoms with E-state index in [9.17, 15) is 0 Å². The molecule has 0 unspecified atom stereocenters. The second kappa shape index (κ2) is 10.2. The Balaban J connectivity index is 1.70. The third kappa shape index (κ3) is 6.19. The monoisotopic (exact) mass is 366 g/mol. The molecule has 0 bridgehead atoms. The summed E-state index contributed by atoms with van der Waals surface area (Å²) in [4.78, 5) is 0. The zero-order valence-electron chi connectivity index (χ0n) is 16.1. The quantitative estimate of drug-likeness (QED) is 0.380. The lowest BCUT2D eigenvalue weighted by atomic mass is 9.98. The van der Waals surface area contributed by atoms with Gasteiger partial charge < -0.3 is 13.3 Å². The lowest BCUT2D eigenvalue weighted by Crippen LogP contribution is -2.53. The van der Waals surface area contributed by atoms with Crippen molar-refractivity contribution in [3.05, 3.63) is 12.7 Å². The van der Waals surface area contributed by atoms with Crippen LogP contribution in [0.25, 0.3) is 0 Å². The SMILES string of the molecule is C=CC[Si](OC1CCCCC1)(OC1CCCCC1)OC1CCCCC1. The third-order valence-electron chi connectivity index (χ3n) is 6.09. The van der Waals surface area contributed by atoms with E-state index in [1.807, 2.05) is 6.08 Å². The van der Waals surface area contributed by atoms with Crippen LogP contribution in [0, 0.1) is 0 Å². The van der Waals surface area contributed by atoms with E-state index in [2.05, 4.69) is 6.58 Å². The molecule has 0 N–H and O–H groups in total. The molecule has 0 atom stereocenters. The van der Waals surface area contributed by atoms with Crippen LogP contribution in [-0.4, -0.2) is 27.1 Å². The predicted octanol–water partition coefficient (Wildman–Crippen LogP) is 6.16. The van der Waals surface area contributed by atoms with Gasteiger partial charge in [-0.2, -0.15) is 0 Å². The first kappa shape index (κ1) is 19.6. The molecule has 25 heavy (non-hydrogen) atoms. The molecule has 3 fully saturated rings. The van der Waals surface area contributed by atoms with Crippen molar-refractivity contribution in [3.63, 3.8) is 0 Å². The molecule has 3 rings (SSSR count). The normalized spacial score (nSPS) is 25.1. The zero-order chi connectivity index (χ0) is 17.4. The molecule has 3 aliphatic carbocycles. The average molecular weight is 367 g/mol. The maximum atomic E-state index is 6.75. The van der Waals surface area contributed by atoms with E-state index < -0.39 is 8.80 Å². The van der Waals surface area contributed by atoms with Gasteiger partial charge >= 0.3 is 8.80 Å². The van der Waals surface area contributed by atoms with Gasteiger partial charge in [-0.25, -0.2) is 0 Å². The summed E-state index contributed by atoms with van der Waals surface area (Å²) in [5, 5.41) is 0. The van der Waals surface area contributed by atoms with Gasteiger partial charge in [0.2, 0.25) is 0 Å². The molecule has 4 heteroatoms. The Hall–Kier alpha value is -0.163. The highest BCUT2D eigenvalue weighted by Crippen LogP contribution is 2.34. The molecule has 3 aliphatic rings. The maximum Gasteiger partial charge on any atom is 0.505 e. The largest absolute Gasteiger partial charge is 0.505 e. The first-order chi connectivity index (χ1) is 12.3. The number of hydrogen-bond donors (Lipinski definition) is 0. The Morgan fingerprint density at radius 2 is 0.920 bits per heavy atom. The molecular formula is C21H38O3Si. The summed E-state index contributed by atoms with van der Waals surface area (Å²) < 4.78 is 20.2. The molecule has 0 saturated heterocycles. The van der Waals surface area contributed by atoms with Gasteiger partial charge in [-0.3, -0.25) is 0 Å². The first-order valence-electron chi connectivity index (χ1n) is 10.9. The molecule has 0 radical (unpaired) electrons. The van der Waals surface area contributed by atoms with Crippen LogP contribution in [0.5, 0.6) is 0 Å². The van der Waals surface area contributed by atoms with E-state index >= 15 is 0 Å². The second-order valence-corrected chi connectivity index (χ2v) is 10.8. The number of allylic oxidation sites excluding steroid dienone is 1. The van der Waals surface area contributed by atoms with Crippen LogP contribution in [0.2, 0.25) is 6.04 Å². The van der Waals surface area contributed by atoms with Crippen molar-refractivity contribution in [1.29, 1.82) is 0 Å². The van der Waals surface area contributed by atoms with Crippen molar-refractivity contribution in [2.45, 2.75) is 121 Å². The predicted molar refractivity (Wildman–Crippen MR) is 105 cm³/mol. The molecule has 0 aromatic carbocycles. The Bertz CT molecular complexity index is 332. The van der Waals surface area contributed by atoms with Gasteiger partial charge in [0.25, 0.3) is 0 Å². The van der Waals surface area contributed by atoms with Crippen molar-refractivity contribution in [2.24, 2.45) is 0 Å². The molecule has 0 amide bonds. The summed E-state index contributed by atoms with van der Waals surface area (Å²) in [7, 11) is -2.68. The van der Waals surface area contributed by atoms with Crippen LogP contribution in [0.1, 0.15) is 96.3 Å². The Kier molecular flexibility index (Phi) is 8.03. The molecular weight excluding hydrogens is 328 g/mol. The van der Waals surface area contributed by atoms with E-state index in [1.165, 1.54) is 96.3 Å². The van der Waals surface area contributed by atoms with Gasteiger partial charge in [-0.1, -0.05) is 63.9 Å². The van der Waals surface area contributed by atoms with Crippen molar-refractivity contribution in [2.75, 3.05) is 0 Å². The van der Waals surface area contributed by atoms with Gasteiger partial charge in [-0.15, -0.1) is 6.58 Å². The van der Waals surface area contributed by atoms with Crippen molar-refractivity contribution in [3.8, 4) is 0 Å². The fourth-order valence-electron chi connectivity index (χ4n) is 4.72. The fraction of sp³-hybridized carbons (Fsp3) is 0.905. The van der Waals surface area contributed by atoms with E-state index in [4.69, 9.17) is 13.3 Å². The summed E-state index contributed by atoms with van der Waals surface area (Å²) >= 11 is 0. The molecule has 3 nitrogen and oxygen atoms in total. The minimum atomic E-state index is -2.68. The third-order valence-corrected chi connectivity index (χ3v) is 8.96. The second-order valence-electron chi connectivity index (χ2n) is 8.31. The van der Waals surface area contributed by atoms with E-state index in [1.54, 1.807) is 0 Å². The molecule has 3 saturated carbocycles. The molecule has 0 aromatic rings. The van der Waals surface area contributed by atoms with Crippen LogP contribution in [-0.2, 0) is 13.3 Å². The Morgan fingerprint density at radius 3 is 1.20 bits per heavy atom. The first-order valence-corrected chi connectivity index (χ1v) is 12.9. The van der Waals surface area contributed by atoms with Crippen molar-refractivity contribution in [1.82, 2.24) is 0 Å². The fourth-order valence-corrected chi connectivity index (χ4v) is 7.75. The topological polar surface area (TPSA) is 27.7 Å². The highest BCUT2D eigenvalue weighted by molar-refractivity contribution is 6.61. The molecule has 0 aromatic heterocycles. The highest BCUT2D eigenvalue weighted by Gasteiger charge is 2.46. The van der Waals surface area contributed by atoms with Crippen LogP contribution in [0.4, 0.5) is 0 Å². The Morgan fingerprint density at radius 1 is 0.600 bits per heavy atom. The van der Waals surface area contributed by atoms with Crippen LogP contribution < -0.4 is 0 Å². The van der Waals surface area contributed by atoms with Crippen molar-refractivity contribution < 1.29 is 13.3 Å². The van der Waals surface area contributed by atoms with Gasteiger partial charge in [-0.05, 0) is 38.5 Å². The van der Waals surface area contributed by atoms with Gasteiger partial charge in [0.1, 0.15) is 0 Å². The summed E-state index contributed by atoms with van der Waals surface area (Å²) in [6.07, 6.45) is 21.8. The molecule has 0 heterocycles. The van der Waals surface area contributed by atoms with E-state index in [0.29, 0.717) is 18.3 Å². The summed E-state index contributed by atoms with van der Waals surface area (Å²) in [6, 6.07) is 0.774. The van der Waals surface area contributed by atoms with Gasteiger partial charge in [0.05, 0.1) is 0 Å². The molecule has 0 spiro atoms. The number of rotatable bonds is 8. The average Bonchev–Trinajstić information content (AvgIpc) is 2.64. The standard InChI is InChI=1S/C21H38O3Si/c1-2-18-25(22-19-12-6-3-7-13-19,23-20-14-8-4-9-15-20)24-21-16-10-5-11-17-21/h2,19-21H,1,3-18H2. The lowest BCUT2D eigenvalue weighted by molar-refractivity contribution is -0.0389. The summed E-state index contributed by atoms with van der Waals surface area (Å²) in [5.74, 6) is 0. The maximum absolute atomic E-state index is 6.75. The van der Waals surface area contributed by atoms with E-state index in [-0.39, 0.29) is 0 Å². The van der Waals surface area contributed by atoms with Crippen LogP contribution in [0.15, 0.2) is 12.7 Å². The number of hydrogen-bond acceptors (Lipinski definition) is 3. The van der Waals surface area contributed by atoms with Crippen molar-refractivity contribution >= 4 is 8.80 Å². The zero-order valence-corrected chi connectivity index (χ0v) is 17.1. The Labute approximate surface area is 155 Å². The van der Waals surface area contributed by atoms with E-state index in [0.717, 1.165) is 6.04 Å². The van der Waals surface area contributed by atoms with Gasteiger partial charge in [0.15, 0.2) is 0 Å². The molecule has 0 aliphatic heterocycles. The van der Waals surface area contributed by atoms with Gasteiger partial charge in [0, 0.05) is 24.4 Å². The molecule has 144 valence electrons. The minimum Gasteiger partial charge on any atom is -0.370 e. The lowest BCUT2D eigenvalue weighted by Gasteiger charge is -2.40. The summed E-state index contributed by atoms with van der Waals surface area (Å²) in [6.45, 7) is 4.02. The van der Waals surface area contributed by atoms with Crippen LogP contribution >= 0.6 is 0 Å². The highest BCUT2D eigenvalue weighted by atomic mass is 28.4. The smallest absolute Gasteiger partial charge is 0.370 e. The minimum absolute atomic E-state index is 0.340. The summed E-state index contributed by atoms with van der Waals surface area (Å²) in [5.41, 5.74) is 0.